The second kappa shape index (κ2) is 6.33. The van der Waals surface area contributed by atoms with E-state index in [4.69, 9.17) is 0 Å². The molecule has 1 N–H and O–H groups in total. The summed E-state index contributed by atoms with van der Waals surface area (Å²) in [5.74, 6) is 0.634. The third-order valence-corrected chi connectivity index (χ3v) is 4.22. The van der Waals surface area contributed by atoms with Crippen LogP contribution in [-0.2, 0) is 6.54 Å². The summed E-state index contributed by atoms with van der Waals surface area (Å²) in [5.41, 5.74) is 4.52. The van der Waals surface area contributed by atoms with Crippen LogP contribution in [0.1, 0.15) is 48.8 Å². The molecule has 3 heteroatoms. The van der Waals surface area contributed by atoms with Gasteiger partial charge in [0.1, 0.15) is 0 Å². The summed E-state index contributed by atoms with van der Waals surface area (Å²) >= 11 is 0. The summed E-state index contributed by atoms with van der Waals surface area (Å²) in [5, 5.41) is 4.19. The van der Waals surface area contributed by atoms with Crippen LogP contribution in [0.15, 0.2) is 18.2 Å². The van der Waals surface area contributed by atoms with E-state index in [1.807, 2.05) is 12.1 Å². The van der Waals surface area contributed by atoms with Gasteiger partial charge in [-0.1, -0.05) is 13.8 Å². The third kappa shape index (κ3) is 3.12. The van der Waals surface area contributed by atoms with Gasteiger partial charge in [-0.3, -0.25) is 4.79 Å². The minimum absolute atomic E-state index is 0.0267. The number of nitrogens with zero attached hydrogens (tertiary/aromatic N) is 1. The fourth-order valence-electron chi connectivity index (χ4n) is 2.77. The van der Waals surface area contributed by atoms with Crippen molar-refractivity contribution in [3.05, 3.63) is 35.0 Å². The van der Waals surface area contributed by atoms with E-state index in [0.717, 1.165) is 25.1 Å². The number of rotatable bonds is 5. The summed E-state index contributed by atoms with van der Waals surface area (Å²) in [6.07, 6.45) is 1.01. The maximum Gasteiger partial charge on any atom is 0.251 e. The summed E-state index contributed by atoms with van der Waals surface area (Å²) in [6, 6.07) is 6.02. The largest absolute Gasteiger partial charge is 0.352 e. The van der Waals surface area contributed by atoms with E-state index < -0.39 is 0 Å². The van der Waals surface area contributed by atoms with Crippen LogP contribution in [0.3, 0.4) is 0 Å². The molecule has 0 unspecified atom stereocenters. The summed E-state index contributed by atoms with van der Waals surface area (Å²) < 4.78 is 2.30. The van der Waals surface area contributed by atoms with Gasteiger partial charge in [0, 0.05) is 35.2 Å². The van der Waals surface area contributed by atoms with Crippen molar-refractivity contribution in [1.82, 2.24) is 9.88 Å². The zero-order valence-electron chi connectivity index (χ0n) is 13.8. The van der Waals surface area contributed by atoms with E-state index >= 15 is 0 Å². The second-order valence-electron chi connectivity index (χ2n) is 6.13. The fourth-order valence-corrected chi connectivity index (χ4v) is 2.77. The predicted molar refractivity (Wildman–Crippen MR) is 88.9 cm³/mol. The second-order valence-corrected chi connectivity index (χ2v) is 6.13. The number of aryl methyl sites for hydroxylation is 2. The lowest BCUT2D eigenvalue weighted by molar-refractivity contribution is 0.0952. The van der Waals surface area contributed by atoms with Crippen LogP contribution in [0.25, 0.3) is 10.9 Å². The van der Waals surface area contributed by atoms with E-state index in [9.17, 15) is 4.79 Å². The van der Waals surface area contributed by atoms with Crippen molar-refractivity contribution >= 4 is 16.8 Å². The van der Waals surface area contributed by atoms with Gasteiger partial charge in [-0.25, -0.2) is 0 Å². The van der Waals surface area contributed by atoms with Gasteiger partial charge >= 0.3 is 0 Å². The number of hydrogen-bond donors (Lipinski definition) is 1. The van der Waals surface area contributed by atoms with Crippen molar-refractivity contribution in [3.63, 3.8) is 0 Å². The molecule has 0 fully saturated rings. The molecule has 21 heavy (non-hydrogen) atoms. The Hall–Kier alpha value is -1.77. The molecule has 0 bridgehead atoms. The highest BCUT2D eigenvalue weighted by molar-refractivity contribution is 5.99. The van der Waals surface area contributed by atoms with Crippen molar-refractivity contribution in [2.24, 2.45) is 5.92 Å². The molecule has 3 nitrogen and oxygen atoms in total. The molecule has 1 aromatic carbocycles. The standard InChI is InChI=1S/C18H26N2O/c1-6-20-14(5)13(4)16-11-15(7-8-17(16)20)18(21)19-10-9-12(2)3/h7-8,11-12H,6,9-10H2,1-5H3,(H,19,21). The van der Waals surface area contributed by atoms with Gasteiger partial charge in [0.05, 0.1) is 0 Å². The Morgan fingerprint density at radius 2 is 2.00 bits per heavy atom. The molecule has 2 aromatic rings. The molecule has 0 atom stereocenters. The number of fused-ring (bicyclic) bond motifs is 1. The monoisotopic (exact) mass is 286 g/mol. The van der Waals surface area contributed by atoms with E-state index in [2.05, 4.69) is 50.6 Å². The Labute approximate surface area is 127 Å². The molecule has 114 valence electrons. The Morgan fingerprint density at radius 3 is 2.62 bits per heavy atom. The summed E-state index contributed by atoms with van der Waals surface area (Å²) in [6.45, 7) is 12.4. The topological polar surface area (TPSA) is 34.0 Å². The summed E-state index contributed by atoms with van der Waals surface area (Å²) in [7, 11) is 0. The number of carbonyl (C=O) groups is 1. The van der Waals surface area contributed by atoms with Crippen LogP contribution >= 0.6 is 0 Å². The average molecular weight is 286 g/mol. The normalized spacial score (nSPS) is 11.3. The number of hydrogen-bond acceptors (Lipinski definition) is 1. The SMILES string of the molecule is CCn1c(C)c(C)c2cc(C(=O)NCCC(C)C)ccc21. The molecule has 0 radical (unpaired) electrons. The van der Waals surface area contributed by atoms with Crippen LogP contribution in [-0.4, -0.2) is 17.0 Å². The highest BCUT2D eigenvalue weighted by atomic mass is 16.1. The van der Waals surface area contributed by atoms with Crippen molar-refractivity contribution in [1.29, 1.82) is 0 Å². The maximum atomic E-state index is 12.2. The molecule has 2 rings (SSSR count). The molecule has 0 saturated heterocycles. The van der Waals surface area contributed by atoms with Crippen LogP contribution in [0.2, 0.25) is 0 Å². The van der Waals surface area contributed by atoms with Gasteiger partial charge < -0.3 is 9.88 Å². The van der Waals surface area contributed by atoms with Crippen LogP contribution < -0.4 is 5.32 Å². The van der Waals surface area contributed by atoms with Gasteiger partial charge in [-0.05, 0) is 56.9 Å². The Bertz CT molecular complexity index is 653. The van der Waals surface area contributed by atoms with Gasteiger partial charge in [-0.15, -0.1) is 0 Å². The number of nitrogens with one attached hydrogen (secondary N) is 1. The molecule has 1 aromatic heterocycles. The maximum absolute atomic E-state index is 12.2. The first-order chi connectivity index (χ1) is 9.95. The molecule has 1 heterocycles. The molecule has 0 aliphatic carbocycles. The van der Waals surface area contributed by atoms with Gasteiger partial charge in [0.2, 0.25) is 0 Å². The Morgan fingerprint density at radius 1 is 1.29 bits per heavy atom. The van der Waals surface area contributed by atoms with Crippen molar-refractivity contribution in [2.75, 3.05) is 6.54 Å². The minimum Gasteiger partial charge on any atom is -0.352 e. The van der Waals surface area contributed by atoms with Gasteiger partial charge in [0.15, 0.2) is 0 Å². The molecule has 0 spiro atoms. The molecule has 0 saturated carbocycles. The predicted octanol–water partition coefficient (Wildman–Crippen LogP) is 4.05. The average Bonchev–Trinajstić information content (AvgIpc) is 2.69. The van der Waals surface area contributed by atoms with Crippen LogP contribution in [0.5, 0.6) is 0 Å². The molecule has 0 aliphatic rings. The van der Waals surface area contributed by atoms with Crippen LogP contribution in [0, 0.1) is 19.8 Å². The van der Waals surface area contributed by atoms with E-state index in [-0.39, 0.29) is 5.91 Å². The molecular formula is C18H26N2O. The highest BCUT2D eigenvalue weighted by Gasteiger charge is 2.12. The van der Waals surface area contributed by atoms with Gasteiger partial charge in [-0.2, -0.15) is 0 Å². The smallest absolute Gasteiger partial charge is 0.251 e. The Balaban J connectivity index is 2.27. The Kier molecular flexibility index (Phi) is 4.71. The number of carbonyl (C=O) groups excluding carboxylic acids is 1. The first-order valence-corrected chi connectivity index (χ1v) is 7.83. The highest BCUT2D eigenvalue weighted by Crippen LogP contribution is 2.26. The number of benzene rings is 1. The lowest BCUT2D eigenvalue weighted by atomic mass is 10.1. The lowest BCUT2D eigenvalue weighted by Crippen LogP contribution is -2.25. The number of aromatic nitrogens is 1. The number of amides is 1. The molecule has 1 amide bonds. The first-order valence-electron chi connectivity index (χ1n) is 7.83. The third-order valence-electron chi connectivity index (χ3n) is 4.22. The zero-order chi connectivity index (χ0) is 15.6. The zero-order valence-corrected chi connectivity index (χ0v) is 13.8. The van der Waals surface area contributed by atoms with Crippen LogP contribution in [0.4, 0.5) is 0 Å². The van der Waals surface area contributed by atoms with E-state index in [1.165, 1.54) is 22.2 Å². The van der Waals surface area contributed by atoms with E-state index in [0.29, 0.717) is 5.92 Å². The summed E-state index contributed by atoms with van der Waals surface area (Å²) in [4.78, 5) is 12.2. The lowest BCUT2D eigenvalue weighted by Gasteiger charge is -2.08. The fraction of sp³-hybridized carbons (Fsp3) is 0.500. The van der Waals surface area contributed by atoms with Crippen molar-refractivity contribution < 1.29 is 4.79 Å². The van der Waals surface area contributed by atoms with Gasteiger partial charge in [0.25, 0.3) is 5.91 Å². The first kappa shape index (κ1) is 15.6. The molecule has 0 aliphatic heterocycles. The quantitative estimate of drug-likeness (QED) is 0.884. The van der Waals surface area contributed by atoms with Crippen molar-refractivity contribution in [2.45, 2.75) is 47.6 Å². The molecular weight excluding hydrogens is 260 g/mol. The van der Waals surface area contributed by atoms with Crippen molar-refractivity contribution in [3.8, 4) is 0 Å². The van der Waals surface area contributed by atoms with E-state index in [1.54, 1.807) is 0 Å². The minimum atomic E-state index is 0.0267.